The molecule has 3 rings (SSSR count). The largest absolute Gasteiger partial charge is 0.339 e. The van der Waals surface area contributed by atoms with Crippen molar-refractivity contribution in [3.63, 3.8) is 0 Å². The molecule has 26 heavy (non-hydrogen) atoms. The van der Waals surface area contributed by atoms with E-state index in [9.17, 15) is 4.79 Å². The number of amides is 1. The first-order chi connectivity index (χ1) is 12.6. The second-order valence-electron chi connectivity index (χ2n) is 6.00. The Bertz CT molecular complexity index is 846. The molecule has 0 radical (unpaired) electrons. The third-order valence-corrected chi connectivity index (χ3v) is 5.36. The molecule has 0 bridgehead atoms. The van der Waals surface area contributed by atoms with Crippen LogP contribution in [0.3, 0.4) is 0 Å². The van der Waals surface area contributed by atoms with Gasteiger partial charge in [-0.3, -0.25) is 4.79 Å². The molecule has 7 heteroatoms. The highest BCUT2D eigenvalue weighted by Crippen LogP contribution is 2.20. The molecule has 0 aliphatic rings. The molecule has 0 saturated heterocycles. The minimum absolute atomic E-state index is 0.0480. The van der Waals surface area contributed by atoms with Crippen molar-refractivity contribution in [2.75, 3.05) is 6.54 Å². The fraction of sp³-hybridized carbons (Fsp3) is 0.316. The fourth-order valence-corrected chi connectivity index (χ4v) is 3.38. The molecule has 1 atom stereocenters. The lowest BCUT2D eigenvalue weighted by Crippen LogP contribution is -2.39. The number of aromatic nitrogens is 2. The molecule has 0 aliphatic heterocycles. The number of benzene rings is 1. The molecular weight excluding hydrogens is 370 g/mol. The second-order valence-corrected chi connectivity index (χ2v) is 7.39. The van der Waals surface area contributed by atoms with Gasteiger partial charge >= 0.3 is 0 Å². The van der Waals surface area contributed by atoms with Gasteiger partial charge in [0.15, 0.2) is 0 Å². The summed E-state index contributed by atoms with van der Waals surface area (Å²) in [6.45, 7) is 4.66. The zero-order chi connectivity index (χ0) is 18.5. The van der Waals surface area contributed by atoms with Gasteiger partial charge in [-0.2, -0.15) is 4.98 Å². The van der Waals surface area contributed by atoms with Crippen LogP contribution in [0.2, 0.25) is 5.02 Å². The average molecular weight is 390 g/mol. The van der Waals surface area contributed by atoms with E-state index in [-0.39, 0.29) is 11.9 Å². The van der Waals surface area contributed by atoms with Gasteiger partial charge in [-0.05, 0) is 49.1 Å². The van der Waals surface area contributed by atoms with Gasteiger partial charge in [-0.25, -0.2) is 0 Å². The first kappa shape index (κ1) is 18.6. The quantitative estimate of drug-likeness (QED) is 0.574. The van der Waals surface area contributed by atoms with E-state index in [1.165, 1.54) is 11.3 Å². The molecule has 0 spiro atoms. The van der Waals surface area contributed by atoms with E-state index in [1.807, 2.05) is 34.5 Å². The number of halogens is 1. The second kappa shape index (κ2) is 8.47. The maximum Gasteiger partial charge on any atom is 0.264 e. The van der Waals surface area contributed by atoms with Crippen LogP contribution in [0.4, 0.5) is 0 Å². The van der Waals surface area contributed by atoms with E-state index in [0.717, 1.165) is 16.9 Å². The summed E-state index contributed by atoms with van der Waals surface area (Å²) >= 11 is 7.36. The van der Waals surface area contributed by atoms with Crippen molar-refractivity contribution >= 4 is 28.8 Å². The molecule has 1 amide bonds. The molecule has 136 valence electrons. The summed E-state index contributed by atoms with van der Waals surface area (Å²) in [5.41, 5.74) is 0.845. The van der Waals surface area contributed by atoms with Gasteiger partial charge in [0.05, 0.1) is 4.88 Å². The number of hydrogen-bond acceptors (Lipinski definition) is 5. The van der Waals surface area contributed by atoms with Crippen LogP contribution in [-0.4, -0.2) is 33.5 Å². The summed E-state index contributed by atoms with van der Waals surface area (Å²) in [4.78, 5) is 19.8. The van der Waals surface area contributed by atoms with Crippen LogP contribution < -0.4 is 0 Å². The van der Waals surface area contributed by atoms with Crippen LogP contribution in [0.15, 0.2) is 46.3 Å². The summed E-state index contributed by atoms with van der Waals surface area (Å²) in [6, 6.07) is 11.2. The Labute approximate surface area is 161 Å². The van der Waals surface area contributed by atoms with Gasteiger partial charge < -0.3 is 9.42 Å². The van der Waals surface area contributed by atoms with Crippen LogP contribution in [0.1, 0.15) is 35.8 Å². The smallest absolute Gasteiger partial charge is 0.264 e. The van der Waals surface area contributed by atoms with Crippen molar-refractivity contribution in [3.05, 3.63) is 57.6 Å². The van der Waals surface area contributed by atoms with Crippen molar-refractivity contribution in [2.45, 2.75) is 32.7 Å². The Balaban J connectivity index is 1.69. The molecule has 1 aromatic carbocycles. The van der Waals surface area contributed by atoms with Crippen LogP contribution in [-0.2, 0) is 6.42 Å². The van der Waals surface area contributed by atoms with Crippen molar-refractivity contribution in [1.82, 2.24) is 15.0 Å². The summed E-state index contributed by atoms with van der Waals surface area (Å²) in [5, 5.41) is 6.60. The topological polar surface area (TPSA) is 59.2 Å². The van der Waals surface area contributed by atoms with E-state index < -0.39 is 0 Å². The Morgan fingerprint density at radius 2 is 2.08 bits per heavy atom. The number of carbonyl (C=O) groups is 1. The van der Waals surface area contributed by atoms with Gasteiger partial charge in [0.1, 0.15) is 0 Å². The van der Waals surface area contributed by atoms with Crippen LogP contribution in [0.5, 0.6) is 0 Å². The minimum Gasteiger partial charge on any atom is -0.339 e. The van der Waals surface area contributed by atoms with Gasteiger partial charge in [0.2, 0.25) is 11.7 Å². The van der Waals surface area contributed by atoms with Crippen LogP contribution >= 0.6 is 22.9 Å². The summed E-state index contributed by atoms with van der Waals surface area (Å²) in [6.07, 6.45) is 1.40. The predicted octanol–water partition coefficient (Wildman–Crippen LogP) is 4.93. The Kier molecular flexibility index (Phi) is 6.06. The third kappa shape index (κ3) is 4.31. The Morgan fingerprint density at radius 3 is 2.73 bits per heavy atom. The first-order valence-electron chi connectivity index (χ1n) is 8.51. The monoisotopic (exact) mass is 389 g/mol. The van der Waals surface area contributed by atoms with E-state index in [4.69, 9.17) is 16.1 Å². The predicted molar refractivity (Wildman–Crippen MR) is 104 cm³/mol. The Morgan fingerprint density at radius 1 is 1.31 bits per heavy atom. The van der Waals surface area contributed by atoms with Crippen molar-refractivity contribution in [3.8, 4) is 11.4 Å². The molecule has 3 aromatic rings. The number of hydrogen-bond donors (Lipinski definition) is 0. The lowest BCUT2D eigenvalue weighted by atomic mass is 10.2. The van der Waals surface area contributed by atoms with Crippen molar-refractivity contribution in [2.24, 2.45) is 0 Å². The molecule has 2 aromatic heterocycles. The van der Waals surface area contributed by atoms with Crippen LogP contribution in [0.25, 0.3) is 11.4 Å². The molecule has 0 N–H and O–H groups in total. The highest BCUT2D eigenvalue weighted by atomic mass is 35.5. The molecule has 0 unspecified atom stereocenters. The molecule has 5 nitrogen and oxygen atoms in total. The summed E-state index contributed by atoms with van der Waals surface area (Å²) < 4.78 is 5.35. The van der Waals surface area contributed by atoms with Gasteiger partial charge in [0.25, 0.3) is 5.91 Å². The maximum absolute atomic E-state index is 12.7. The highest BCUT2D eigenvalue weighted by molar-refractivity contribution is 7.12. The molecule has 2 heterocycles. The van der Waals surface area contributed by atoms with Gasteiger partial charge in [-0.1, -0.05) is 29.7 Å². The van der Waals surface area contributed by atoms with E-state index in [1.54, 1.807) is 12.1 Å². The standard InChI is InChI=1S/C19H20ClN3O2S/c1-3-13(2)23(19(24)16-5-4-12-26-16)11-10-17-21-18(22-25-17)14-6-8-15(20)9-7-14/h4-9,12-13H,3,10-11H2,1-2H3/t13-/m1/s1. The lowest BCUT2D eigenvalue weighted by Gasteiger charge is -2.27. The molecule has 0 fully saturated rings. The number of rotatable bonds is 7. The highest BCUT2D eigenvalue weighted by Gasteiger charge is 2.22. The number of thiophene rings is 1. The number of carbonyl (C=O) groups excluding carboxylic acids is 1. The van der Waals surface area contributed by atoms with E-state index in [2.05, 4.69) is 24.0 Å². The average Bonchev–Trinajstić information content (AvgIpc) is 3.34. The zero-order valence-corrected chi connectivity index (χ0v) is 16.3. The van der Waals surface area contributed by atoms with Gasteiger partial charge in [0, 0.05) is 29.6 Å². The third-order valence-electron chi connectivity index (χ3n) is 4.25. The van der Waals surface area contributed by atoms with E-state index >= 15 is 0 Å². The molecule has 0 aliphatic carbocycles. The first-order valence-corrected chi connectivity index (χ1v) is 9.77. The maximum atomic E-state index is 12.7. The SMILES string of the molecule is CC[C@@H](C)N(CCc1nc(-c2ccc(Cl)cc2)no1)C(=O)c1cccs1. The summed E-state index contributed by atoms with van der Waals surface area (Å²) in [5.74, 6) is 1.09. The fourth-order valence-electron chi connectivity index (χ4n) is 2.57. The lowest BCUT2D eigenvalue weighted by molar-refractivity contribution is 0.0691. The minimum atomic E-state index is 0.0480. The zero-order valence-electron chi connectivity index (χ0n) is 14.7. The van der Waals surface area contributed by atoms with Crippen LogP contribution in [0, 0.1) is 0 Å². The molecule has 0 saturated carbocycles. The van der Waals surface area contributed by atoms with Crippen molar-refractivity contribution in [1.29, 1.82) is 0 Å². The number of nitrogens with zero attached hydrogens (tertiary/aromatic N) is 3. The van der Waals surface area contributed by atoms with Gasteiger partial charge in [-0.15, -0.1) is 11.3 Å². The summed E-state index contributed by atoms with van der Waals surface area (Å²) in [7, 11) is 0. The molecular formula is C19H20ClN3O2S. The van der Waals surface area contributed by atoms with E-state index in [0.29, 0.717) is 29.7 Å². The Hall–Kier alpha value is -2.18. The normalized spacial score (nSPS) is 12.1. The van der Waals surface area contributed by atoms with Crippen molar-refractivity contribution < 1.29 is 9.32 Å².